The molecule has 142 valence electrons. The minimum atomic E-state index is -0.576. The molecule has 3 aliphatic rings. The van der Waals surface area contributed by atoms with Crippen molar-refractivity contribution in [3.63, 3.8) is 0 Å². The van der Waals surface area contributed by atoms with Gasteiger partial charge in [0.25, 0.3) is 0 Å². The van der Waals surface area contributed by atoms with Gasteiger partial charge in [-0.1, -0.05) is 39.0 Å². The van der Waals surface area contributed by atoms with Crippen LogP contribution in [0.2, 0.25) is 0 Å². The van der Waals surface area contributed by atoms with Gasteiger partial charge in [-0.25, -0.2) is 21.3 Å². The second-order valence-corrected chi connectivity index (χ2v) is 23.1. The molecule has 0 aromatic heterocycles. The minimum Gasteiger partial charge on any atom is 0 e. The molecule has 0 bridgehead atoms. The summed E-state index contributed by atoms with van der Waals surface area (Å²) in [4.78, 5) is 0. The van der Waals surface area contributed by atoms with E-state index in [4.69, 9.17) is 0 Å². The summed E-state index contributed by atoms with van der Waals surface area (Å²) in [5, 5.41) is 26.2. The van der Waals surface area contributed by atoms with Crippen molar-refractivity contribution in [2.24, 2.45) is 30.7 Å². The standard InChI is InChI=1S/C16H21N6.I3.Ti/c1-10-7-14(4,20-17-10)13(15(5)8-11(2)18-21-15)16(6)9-12(3)19-22-16;1-3-2;/h7-9H,1-6H3;;/q2*-1;. The maximum atomic E-state index is 4.51. The Hall–Kier alpha value is 0.924. The minimum absolute atomic E-state index is 0. The van der Waals surface area contributed by atoms with Gasteiger partial charge in [0.15, 0.2) is 0 Å². The van der Waals surface area contributed by atoms with E-state index in [9.17, 15) is 0 Å². The van der Waals surface area contributed by atoms with Crippen LogP contribution in [-0.2, 0) is 21.7 Å². The zero-order valence-electron chi connectivity index (χ0n) is 15.5. The predicted octanol–water partition coefficient (Wildman–Crippen LogP) is 3.72. The number of azo groups is 3. The Morgan fingerprint density at radius 3 is 1.12 bits per heavy atom. The van der Waals surface area contributed by atoms with Crippen molar-refractivity contribution in [2.75, 3.05) is 0 Å². The molecule has 3 aliphatic heterocycles. The molecule has 3 unspecified atom stereocenters. The van der Waals surface area contributed by atoms with E-state index in [0.717, 1.165) is 23.0 Å². The van der Waals surface area contributed by atoms with E-state index in [-0.39, 0.29) is 21.7 Å². The molecule has 3 heterocycles. The summed E-state index contributed by atoms with van der Waals surface area (Å²) in [5.74, 6) is 1.02. The maximum absolute atomic E-state index is 4.51. The molecule has 3 rings (SSSR count). The second kappa shape index (κ2) is 9.62. The van der Waals surface area contributed by atoms with Gasteiger partial charge in [0.05, 0.1) is 17.1 Å². The van der Waals surface area contributed by atoms with Crippen molar-refractivity contribution in [1.82, 2.24) is 0 Å². The largest absolute Gasteiger partial charge is 0 e. The first-order valence-electron chi connectivity index (χ1n) is 7.71. The topological polar surface area (TPSA) is 74.2 Å². The van der Waals surface area contributed by atoms with Crippen LogP contribution in [0.4, 0.5) is 0 Å². The first-order chi connectivity index (χ1) is 11.6. The van der Waals surface area contributed by atoms with Crippen molar-refractivity contribution in [3.8, 4) is 0 Å². The number of hydrogen-bond acceptors (Lipinski definition) is 6. The third kappa shape index (κ3) is 5.29. The third-order valence-corrected chi connectivity index (χ3v) is 4.23. The Balaban J connectivity index is 0.000000791. The quantitative estimate of drug-likeness (QED) is 0.242. The fourth-order valence-electron chi connectivity index (χ4n) is 3.85. The molecule has 3 atom stereocenters. The fourth-order valence-corrected chi connectivity index (χ4v) is 3.85. The van der Waals surface area contributed by atoms with Crippen LogP contribution in [0.5, 0.6) is 0 Å². The van der Waals surface area contributed by atoms with Crippen LogP contribution in [0.25, 0.3) is 0 Å². The molecule has 0 radical (unpaired) electrons. The summed E-state index contributed by atoms with van der Waals surface area (Å²) in [5.41, 5.74) is 0.977. The van der Waals surface area contributed by atoms with Crippen molar-refractivity contribution < 1.29 is 35.0 Å². The van der Waals surface area contributed by atoms with E-state index in [1.165, 1.54) is 0 Å². The molecule has 0 amide bonds. The first kappa shape index (κ1) is 25.0. The zero-order valence-corrected chi connectivity index (χ0v) is 23.6. The monoisotopic (exact) mass is 726 g/mol. The van der Waals surface area contributed by atoms with Gasteiger partial charge in [-0.2, -0.15) is 15.3 Å². The van der Waals surface area contributed by atoms with E-state index >= 15 is 0 Å². The summed E-state index contributed by atoms with van der Waals surface area (Å²) in [7, 11) is 0. The summed E-state index contributed by atoms with van der Waals surface area (Å²) in [6.07, 6.45) is 6.19. The molecule has 26 heavy (non-hydrogen) atoms. The Kier molecular flexibility index (Phi) is 9.23. The zero-order chi connectivity index (χ0) is 18.9. The number of halogens is 3. The first-order valence-corrected chi connectivity index (χ1v) is 20.3. The van der Waals surface area contributed by atoms with E-state index in [1.807, 2.05) is 41.5 Å². The molecule has 0 aliphatic carbocycles. The van der Waals surface area contributed by atoms with Gasteiger partial charge < -0.3 is 0 Å². The van der Waals surface area contributed by atoms with Gasteiger partial charge >= 0.3 is 50.5 Å². The molecule has 0 spiro atoms. The van der Waals surface area contributed by atoms with Gasteiger partial charge in [-0.3, -0.25) is 0 Å². The van der Waals surface area contributed by atoms with Crippen LogP contribution in [0.3, 0.4) is 0 Å². The van der Waals surface area contributed by atoms with Crippen LogP contribution in [-0.4, -0.2) is 16.6 Å². The molecular formula is C16H21I3N6Ti-2. The van der Waals surface area contributed by atoms with Crippen molar-refractivity contribution in [2.45, 2.75) is 58.2 Å². The molecule has 0 saturated carbocycles. The molecule has 0 aromatic carbocycles. The Morgan fingerprint density at radius 2 is 0.962 bits per heavy atom. The van der Waals surface area contributed by atoms with Crippen molar-refractivity contribution in [1.29, 1.82) is 0 Å². The second-order valence-electron chi connectivity index (χ2n) is 6.83. The molecular weight excluding hydrogens is 705 g/mol. The average molecular weight is 726 g/mol. The third-order valence-electron chi connectivity index (χ3n) is 4.23. The smallest absolute Gasteiger partial charge is 0 e. The summed E-state index contributed by atoms with van der Waals surface area (Å²) in [6.45, 7) is 12.0. The van der Waals surface area contributed by atoms with Gasteiger partial charge in [0.2, 0.25) is 0 Å². The molecule has 6 nitrogen and oxygen atoms in total. The van der Waals surface area contributed by atoms with Crippen LogP contribution >= 0.6 is 37.2 Å². The van der Waals surface area contributed by atoms with Crippen molar-refractivity contribution in [3.05, 3.63) is 41.2 Å². The Labute approximate surface area is 199 Å². The molecule has 0 N–H and O–H groups in total. The molecule has 10 heteroatoms. The molecule has 0 fully saturated rings. The SMILES string of the molecule is CC1=CC(C)([C-](C2(C)C=C(C)N=N2)C2(C)C=C(C)N=N2)N=N1.I[I-]I.[Ti]. The van der Waals surface area contributed by atoms with Crippen LogP contribution in [0, 0.1) is 5.92 Å². The molecule has 0 saturated heterocycles. The number of rotatable bonds is 3. The van der Waals surface area contributed by atoms with E-state index in [2.05, 4.69) is 86.1 Å². The van der Waals surface area contributed by atoms with Gasteiger partial charge in [-0.15, -0.1) is 0 Å². The van der Waals surface area contributed by atoms with Crippen LogP contribution < -0.4 is 13.3 Å². The van der Waals surface area contributed by atoms with E-state index in [0.29, 0.717) is 13.3 Å². The van der Waals surface area contributed by atoms with Gasteiger partial charge in [0.1, 0.15) is 0 Å². The Bertz CT molecular complexity index is 636. The Morgan fingerprint density at radius 1 is 0.731 bits per heavy atom. The van der Waals surface area contributed by atoms with Gasteiger partial charge in [-0.05, 0) is 37.4 Å². The van der Waals surface area contributed by atoms with Gasteiger partial charge in [0, 0.05) is 21.7 Å². The van der Waals surface area contributed by atoms with E-state index in [1.54, 1.807) is 0 Å². The summed E-state index contributed by atoms with van der Waals surface area (Å²) >= 11 is 5.30. The number of allylic oxidation sites excluding steroid dienone is 3. The normalized spacial score (nSPS) is 34.4. The number of nitrogens with zero attached hydrogens (tertiary/aromatic N) is 6. The molecule has 0 aromatic rings. The van der Waals surface area contributed by atoms with Crippen LogP contribution in [0.15, 0.2) is 66.0 Å². The summed E-state index contributed by atoms with van der Waals surface area (Å²) < 4.78 is 0. The predicted molar refractivity (Wildman–Crippen MR) is 112 cm³/mol. The summed E-state index contributed by atoms with van der Waals surface area (Å²) in [6, 6.07) is 0. The van der Waals surface area contributed by atoms with E-state index < -0.39 is 16.6 Å². The van der Waals surface area contributed by atoms with Crippen LogP contribution in [0.1, 0.15) is 41.5 Å². The number of hydrogen-bond donors (Lipinski definition) is 0. The van der Waals surface area contributed by atoms with Crippen molar-refractivity contribution >= 4 is 37.2 Å². The average Bonchev–Trinajstić information content (AvgIpc) is 3.11. The fraction of sp³-hybridized carbons (Fsp3) is 0.562. The maximum Gasteiger partial charge on any atom is 0 e.